The van der Waals surface area contributed by atoms with Crippen molar-refractivity contribution < 1.29 is 9.90 Å². The van der Waals surface area contributed by atoms with E-state index in [0.29, 0.717) is 30.0 Å². The van der Waals surface area contributed by atoms with Crippen LogP contribution in [0.2, 0.25) is 0 Å². The number of fused-ring (bicyclic) bond motifs is 4. The summed E-state index contributed by atoms with van der Waals surface area (Å²) in [4.78, 5) is 12.1. The summed E-state index contributed by atoms with van der Waals surface area (Å²) >= 11 is 0. The molecule has 2 nitrogen and oxygen atoms in total. The van der Waals surface area contributed by atoms with E-state index < -0.39 is 0 Å². The molecule has 2 heteroatoms. The van der Waals surface area contributed by atoms with Crippen LogP contribution < -0.4 is 0 Å². The van der Waals surface area contributed by atoms with Crippen LogP contribution >= 0.6 is 0 Å². The minimum atomic E-state index is -0.198. The van der Waals surface area contributed by atoms with Crippen molar-refractivity contribution in [2.45, 2.75) is 77.2 Å². The number of aliphatic hydroxyl groups is 1. The normalized spacial score (nSPS) is 35.0. The first-order chi connectivity index (χ1) is 14.5. The summed E-state index contributed by atoms with van der Waals surface area (Å²) in [5, 5.41) is 11.0. The number of aliphatic hydroxyl groups excluding tert-OH is 1. The molecule has 0 saturated heterocycles. The first-order valence-corrected chi connectivity index (χ1v) is 11.7. The van der Waals surface area contributed by atoms with Crippen molar-refractivity contribution in [3.8, 4) is 11.8 Å². The predicted molar refractivity (Wildman–Crippen MR) is 120 cm³/mol. The maximum Gasteiger partial charge on any atom is 0.156 e. The average Bonchev–Trinajstić information content (AvgIpc) is 3.06. The number of allylic oxidation sites excluding steroid dienone is 4. The van der Waals surface area contributed by atoms with E-state index in [1.165, 1.54) is 16.7 Å². The van der Waals surface area contributed by atoms with E-state index in [0.717, 1.165) is 50.5 Å². The third kappa shape index (κ3) is 3.10. The van der Waals surface area contributed by atoms with Gasteiger partial charge < -0.3 is 5.11 Å². The van der Waals surface area contributed by atoms with Gasteiger partial charge in [-0.25, -0.2) is 0 Å². The van der Waals surface area contributed by atoms with Crippen LogP contribution in [-0.2, 0) is 4.79 Å². The summed E-state index contributed by atoms with van der Waals surface area (Å²) in [6.07, 6.45) is 9.38. The second-order valence-corrected chi connectivity index (χ2v) is 9.95. The number of carbonyl (C=O) groups is 1. The molecule has 30 heavy (non-hydrogen) atoms. The molecule has 0 radical (unpaired) electrons. The van der Waals surface area contributed by atoms with Crippen molar-refractivity contribution in [3.05, 3.63) is 58.2 Å². The van der Waals surface area contributed by atoms with Crippen LogP contribution in [-0.4, -0.2) is 17.0 Å². The van der Waals surface area contributed by atoms with Gasteiger partial charge in [-0.2, -0.15) is 0 Å². The van der Waals surface area contributed by atoms with Gasteiger partial charge in [-0.1, -0.05) is 43.4 Å². The Morgan fingerprint density at radius 1 is 1.10 bits per heavy atom. The number of ketones is 1. The van der Waals surface area contributed by atoms with Crippen LogP contribution in [0, 0.1) is 29.1 Å². The third-order valence-corrected chi connectivity index (χ3v) is 8.40. The predicted octanol–water partition coefficient (Wildman–Crippen LogP) is 5.71. The minimum absolute atomic E-state index is 0.00815. The number of hydrogen-bond donors (Lipinski definition) is 1. The first-order valence-electron chi connectivity index (χ1n) is 11.7. The first kappa shape index (κ1) is 19.8. The quantitative estimate of drug-likeness (QED) is 0.613. The fourth-order valence-electron chi connectivity index (χ4n) is 6.92. The molecule has 4 aliphatic carbocycles. The molecule has 1 N–H and O–H groups in total. The van der Waals surface area contributed by atoms with E-state index >= 15 is 0 Å². The number of hydrogen-bond acceptors (Lipinski definition) is 2. The van der Waals surface area contributed by atoms with E-state index in [1.807, 2.05) is 6.08 Å². The molecular weight excluding hydrogens is 368 g/mol. The highest BCUT2D eigenvalue weighted by atomic mass is 16.3. The van der Waals surface area contributed by atoms with Gasteiger partial charge in [-0.15, -0.1) is 0 Å². The van der Waals surface area contributed by atoms with Gasteiger partial charge in [0.1, 0.15) is 0 Å². The molecule has 1 aromatic carbocycles. The molecule has 2 saturated carbocycles. The molecule has 0 bridgehead atoms. The van der Waals surface area contributed by atoms with Gasteiger partial charge in [-0.05, 0) is 90.7 Å². The lowest BCUT2D eigenvalue weighted by Gasteiger charge is -2.52. The molecule has 1 aromatic rings. The smallest absolute Gasteiger partial charge is 0.156 e. The number of carbonyl (C=O) groups excluding carboxylic acids is 1. The standard InChI is InChI=1S/C28H32O2/c1-3-4-5-18-6-8-19(9-7-18)24-17-28(2)25(14-15-26(28)30)23-12-10-20-16-21(29)11-13-22(20)27(23)24/h6-9,16,23-26,30H,3,10-15,17H2,1-2H3. The molecule has 5 rings (SSSR count). The lowest BCUT2D eigenvalue weighted by Crippen LogP contribution is -2.45. The summed E-state index contributed by atoms with van der Waals surface area (Å²) in [5.74, 6) is 8.14. The summed E-state index contributed by atoms with van der Waals surface area (Å²) in [6.45, 7) is 4.41. The highest BCUT2D eigenvalue weighted by Crippen LogP contribution is 2.63. The lowest BCUT2D eigenvalue weighted by molar-refractivity contribution is -0.114. The second kappa shape index (κ2) is 7.54. The average molecular weight is 401 g/mol. The van der Waals surface area contributed by atoms with Gasteiger partial charge in [0.15, 0.2) is 5.78 Å². The van der Waals surface area contributed by atoms with Gasteiger partial charge in [0, 0.05) is 24.3 Å². The van der Waals surface area contributed by atoms with Crippen molar-refractivity contribution in [1.82, 2.24) is 0 Å². The molecule has 0 spiro atoms. The van der Waals surface area contributed by atoms with E-state index in [4.69, 9.17) is 0 Å². The molecular formula is C28H32O2. The van der Waals surface area contributed by atoms with Gasteiger partial charge in [0.25, 0.3) is 0 Å². The Morgan fingerprint density at radius 2 is 1.90 bits per heavy atom. The van der Waals surface area contributed by atoms with Crippen LogP contribution in [0.5, 0.6) is 0 Å². The second-order valence-electron chi connectivity index (χ2n) is 9.95. The fraction of sp³-hybridized carbons (Fsp3) is 0.536. The van der Waals surface area contributed by atoms with Crippen molar-refractivity contribution >= 4 is 5.78 Å². The van der Waals surface area contributed by atoms with E-state index in [2.05, 4.69) is 50.0 Å². The Kier molecular flexibility index (Phi) is 4.98. The molecule has 156 valence electrons. The largest absolute Gasteiger partial charge is 0.393 e. The third-order valence-electron chi connectivity index (χ3n) is 8.40. The zero-order chi connectivity index (χ0) is 20.9. The van der Waals surface area contributed by atoms with Crippen LogP contribution in [0.1, 0.15) is 82.3 Å². The Labute approximate surface area is 180 Å². The Bertz CT molecular complexity index is 984. The maximum atomic E-state index is 12.1. The summed E-state index contributed by atoms with van der Waals surface area (Å²) in [5.41, 5.74) is 6.80. The summed E-state index contributed by atoms with van der Waals surface area (Å²) < 4.78 is 0. The molecule has 0 aliphatic heterocycles. The van der Waals surface area contributed by atoms with Crippen molar-refractivity contribution in [2.75, 3.05) is 0 Å². The zero-order valence-corrected chi connectivity index (χ0v) is 18.2. The van der Waals surface area contributed by atoms with Gasteiger partial charge in [0.2, 0.25) is 0 Å². The zero-order valence-electron chi connectivity index (χ0n) is 18.2. The highest BCUT2D eigenvalue weighted by Gasteiger charge is 2.56. The van der Waals surface area contributed by atoms with Crippen LogP contribution in [0.4, 0.5) is 0 Å². The van der Waals surface area contributed by atoms with E-state index in [1.54, 1.807) is 5.57 Å². The summed E-state index contributed by atoms with van der Waals surface area (Å²) in [7, 11) is 0. The molecule has 5 atom stereocenters. The number of rotatable bonds is 1. The molecule has 0 amide bonds. The van der Waals surface area contributed by atoms with E-state index in [9.17, 15) is 9.90 Å². The van der Waals surface area contributed by atoms with Gasteiger partial charge >= 0.3 is 0 Å². The topological polar surface area (TPSA) is 37.3 Å². The van der Waals surface area contributed by atoms with Gasteiger partial charge in [0.05, 0.1) is 6.10 Å². The monoisotopic (exact) mass is 400 g/mol. The Morgan fingerprint density at radius 3 is 2.67 bits per heavy atom. The Hall–Kier alpha value is -2.11. The molecule has 0 aromatic heterocycles. The molecule has 0 heterocycles. The molecule has 4 aliphatic rings. The highest BCUT2D eigenvalue weighted by molar-refractivity contribution is 5.93. The van der Waals surface area contributed by atoms with Crippen molar-refractivity contribution in [2.24, 2.45) is 17.3 Å². The van der Waals surface area contributed by atoms with Crippen molar-refractivity contribution in [3.63, 3.8) is 0 Å². The molecule has 2 fully saturated rings. The maximum absolute atomic E-state index is 12.1. The fourth-order valence-corrected chi connectivity index (χ4v) is 6.92. The summed E-state index contributed by atoms with van der Waals surface area (Å²) in [6, 6.07) is 8.82. The van der Waals surface area contributed by atoms with Crippen LogP contribution in [0.3, 0.4) is 0 Å². The SMILES string of the molecule is CCC#Cc1ccc(C2CC3(C)C(O)CCC3C3CCC4=CC(=O)CCC4=C23)cc1. The number of benzene rings is 1. The van der Waals surface area contributed by atoms with E-state index in [-0.39, 0.29) is 11.5 Å². The van der Waals surface area contributed by atoms with Gasteiger partial charge in [-0.3, -0.25) is 4.79 Å². The Balaban J connectivity index is 1.62. The van der Waals surface area contributed by atoms with Crippen LogP contribution in [0.25, 0.3) is 0 Å². The lowest BCUT2D eigenvalue weighted by atomic mass is 9.53. The van der Waals surface area contributed by atoms with Crippen molar-refractivity contribution in [1.29, 1.82) is 0 Å². The molecule has 5 unspecified atom stereocenters. The minimum Gasteiger partial charge on any atom is -0.393 e. The van der Waals surface area contributed by atoms with Crippen LogP contribution in [0.15, 0.2) is 47.1 Å².